The van der Waals surface area contributed by atoms with Gasteiger partial charge in [0, 0.05) is 18.7 Å². The van der Waals surface area contributed by atoms with Crippen molar-refractivity contribution in [2.45, 2.75) is 39.2 Å². The second-order valence-corrected chi connectivity index (χ2v) is 4.25. The number of methoxy groups -OCH3 is 1. The molecule has 0 amide bonds. The minimum Gasteiger partial charge on any atom is -0.481 e. The molecule has 1 aromatic heterocycles. The van der Waals surface area contributed by atoms with Gasteiger partial charge in [0.1, 0.15) is 0 Å². The Morgan fingerprint density at radius 3 is 2.69 bits per heavy atom. The highest BCUT2D eigenvalue weighted by Crippen LogP contribution is 2.16. The highest BCUT2D eigenvalue weighted by Gasteiger charge is 2.13. The highest BCUT2D eigenvalue weighted by molar-refractivity contribution is 5.18. The Morgan fingerprint density at radius 2 is 2.19 bits per heavy atom. The number of pyridine rings is 1. The number of aliphatic hydroxyl groups excluding tert-OH is 1. The van der Waals surface area contributed by atoms with Crippen LogP contribution >= 0.6 is 0 Å². The van der Waals surface area contributed by atoms with Crippen LogP contribution in [0.1, 0.15) is 32.3 Å². The lowest BCUT2D eigenvalue weighted by Crippen LogP contribution is -2.20. The lowest BCUT2D eigenvalue weighted by Gasteiger charge is -2.17. The molecule has 3 heteroatoms. The fourth-order valence-corrected chi connectivity index (χ4v) is 1.74. The van der Waals surface area contributed by atoms with Crippen molar-refractivity contribution in [3.8, 4) is 5.88 Å². The summed E-state index contributed by atoms with van der Waals surface area (Å²) in [4.78, 5) is 4.12. The van der Waals surface area contributed by atoms with Gasteiger partial charge < -0.3 is 9.84 Å². The summed E-state index contributed by atoms with van der Waals surface area (Å²) in [5.41, 5.74) is 1.05. The Morgan fingerprint density at radius 1 is 1.44 bits per heavy atom. The first-order valence-corrected chi connectivity index (χ1v) is 5.84. The molecule has 2 atom stereocenters. The third-order valence-corrected chi connectivity index (χ3v) is 2.85. The molecule has 0 saturated heterocycles. The first-order valence-electron chi connectivity index (χ1n) is 5.84. The van der Waals surface area contributed by atoms with Crippen molar-refractivity contribution in [3.05, 3.63) is 23.9 Å². The van der Waals surface area contributed by atoms with E-state index in [9.17, 15) is 5.11 Å². The van der Waals surface area contributed by atoms with Gasteiger partial charge in [-0.1, -0.05) is 26.3 Å². The van der Waals surface area contributed by atoms with Gasteiger partial charge in [0.2, 0.25) is 5.88 Å². The average Bonchev–Trinajstić information content (AvgIpc) is 2.30. The molecule has 0 saturated carbocycles. The van der Waals surface area contributed by atoms with E-state index in [-0.39, 0.29) is 6.10 Å². The van der Waals surface area contributed by atoms with E-state index in [1.165, 1.54) is 0 Å². The summed E-state index contributed by atoms with van der Waals surface area (Å²) in [5.74, 6) is 0.951. The summed E-state index contributed by atoms with van der Waals surface area (Å²) in [6.45, 7) is 4.23. The molecule has 0 radical (unpaired) electrons. The van der Waals surface area contributed by atoms with E-state index in [1.807, 2.05) is 12.1 Å². The molecule has 0 spiro atoms. The van der Waals surface area contributed by atoms with Gasteiger partial charge in [-0.2, -0.15) is 0 Å². The number of aliphatic hydroxyl groups is 1. The van der Waals surface area contributed by atoms with Crippen LogP contribution in [0.15, 0.2) is 18.3 Å². The van der Waals surface area contributed by atoms with Crippen molar-refractivity contribution >= 4 is 0 Å². The number of hydrogen-bond acceptors (Lipinski definition) is 3. The number of nitrogens with zero attached hydrogens (tertiary/aromatic N) is 1. The zero-order valence-electron chi connectivity index (χ0n) is 10.3. The largest absolute Gasteiger partial charge is 0.481 e. The molecule has 0 aliphatic rings. The average molecular weight is 223 g/mol. The van der Waals surface area contributed by atoms with Crippen LogP contribution in [-0.2, 0) is 6.42 Å². The van der Waals surface area contributed by atoms with Crippen molar-refractivity contribution in [2.75, 3.05) is 7.11 Å². The van der Waals surface area contributed by atoms with Gasteiger partial charge in [-0.15, -0.1) is 0 Å². The predicted molar refractivity (Wildman–Crippen MR) is 64.6 cm³/mol. The molecule has 3 nitrogen and oxygen atoms in total. The Kier molecular flexibility index (Phi) is 5.26. The van der Waals surface area contributed by atoms with Crippen molar-refractivity contribution in [1.29, 1.82) is 0 Å². The van der Waals surface area contributed by atoms with Crippen LogP contribution in [0, 0.1) is 5.92 Å². The topological polar surface area (TPSA) is 42.4 Å². The maximum Gasteiger partial charge on any atom is 0.212 e. The summed E-state index contributed by atoms with van der Waals surface area (Å²) < 4.78 is 4.99. The normalized spacial score (nSPS) is 14.5. The third kappa shape index (κ3) is 3.81. The highest BCUT2D eigenvalue weighted by atomic mass is 16.5. The van der Waals surface area contributed by atoms with E-state index in [0.29, 0.717) is 18.2 Å². The zero-order valence-corrected chi connectivity index (χ0v) is 10.3. The zero-order chi connectivity index (χ0) is 12.0. The van der Waals surface area contributed by atoms with Crippen molar-refractivity contribution in [2.24, 2.45) is 5.92 Å². The molecule has 16 heavy (non-hydrogen) atoms. The van der Waals surface area contributed by atoms with Gasteiger partial charge >= 0.3 is 0 Å². The van der Waals surface area contributed by atoms with Crippen molar-refractivity contribution in [1.82, 2.24) is 4.98 Å². The fraction of sp³-hybridized carbons (Fsp3) is 0.615. The number of rotatable bonds is 6. The van der Waals surface area contributed by atoms with Crippen LogP contribution in [0.2, 0.25) is 0 Å². The lowest BCUT2D eigenvalue weighted by atomic mass is 9.95. The molecular formula is C13H21NO2. The smallest absolute Gasteiger partial charge is 0.212 e. The van der Waals surface area contributed by atoms with Crippen LogP contribution in [-0.4, -0.2) is 23.3 Å². The molecule has 1 aromatic rings. The first-order chi connectivity index (χ1) is 7.67. The van der Waals surface area contributed by atoms with Crippen LogP contribution in [0.3, 0.4) is 0 Å². The van der Waals surface area contributed by atoms with Crippen LogP contribution in [0.5, 0.6) is 5.88 Å². The van der Waals surface area contributed by atoms with E-state index < -0.39 is 0 Å². The molecule has 0 bridgehead atoms. The van der Waals surface area contributed by atoms with Crippen LogP contribution < -0.4 is 4.74 Å². The monoisotopic (exact) mass is 223 g/mol. The van der Waals surface area contributed by atoms with E-state index >= 15 is 0 Å². The molecular weight excluding hydrogens is 202 g/mol. The Hall–Kier alpha value is -1.09. The summed E-state index contributed by atoms with van der Waals surface area (Å²) >= 11 is 0. The Bertz CT molecular complexity index is 297. The summed E-state index contributed by atoms with van der Waals surface area (Å²) in [7, 11) is 1.60. The van der Waals surface area contributed by atoms with Crippen LogP contribution in [0.25, 0.3) is 0 Å². The van der Waals surface area contributed by atoms with E-state index in [2.05, 4.69) is 18.8 Å². The van der Waals surface area contributed by atoms with E-state index in [1.54, 1.807) is 13.3 Å². The van der Waals surface area contributed by atoms with Gasteiger partial charge in [0.05, 0.1) is 13.2 Å². The van der Waals surface area contributed by atoms with Crippen molar-refractivity contribution in [3.63, 3.8) is 0 Å². The standard InChI is InChI=1S/C13H21NO2/c1-4-5-10(2)12(15)8-11-6-7-13(16-3)14-9-11/h6-7,9-10,12,15H,4-5,8H2,1-3H3. The number of ether oxygens (including phenoxy) is 1. The minimum absolute atomic E-state index is 0.282. The van der Waals surface area contributed by atoms with E-state index in [4.69, 9.17) is 4.74 Å². The molecule has 1 rings (SSSR count). The Balaban J connectivity index is 2.52. The molecule has 0 aliphatic heterocycles. The second-order valence-electron chi connectivity index (χ2n) is 4.25. The molecule has 1 N–H and O–H groups in total. The summed E-state index contributed by atoms with van der Waals surface area (Å²) in [5, 5.41) is 9.97. The predicted octanol–water partition coefficient (Wildman–Crippen LogP) is 2.43. The summed E-state index contributed by atoms with van der Waals surface area (Å²) in [6.07, 6.45) is 4.32. The quantitative estimate of drug-likeness (QED) is 0.805. The van der Waals surface area contributed by atoms with Crippen LogP contribution in [0.4, 0.5) is 0 Å². The van der Waals surface area contributed by atoms with Gasteiger partial charge in [0.25, 0.3) is 0 Å². The van der Waals surface area contributed by atoms with Gasteiger partial charge in [-0.05, 0) is 17.9 Å². The molecule has 0 aliphatic carbocycles. The molecule has 0 fully saturated rings. The van der Waals surface area contributed by atoms with E-state index in [0.717, 1.165) is 18.4 Å². The van der Waals surface area contributed by atoms with Gasteiger partial charge in [-0.3, -0.25) is 0 Å². The first kappa shape index (κ1) is 13.0. The fourth-order valence-electron chi connectivity index (χ4n) is 1.74. The summed E-state index contributed by atoms with van der Waals surface area (Å²) in [6, 6.07) is 3.78. The maximum absolute atomic E-state index is 9.97. The molecule has 1 heterocycles. The Labute approximate surface area is 97.5 Å². The van der Waals surface area contributed by atoms with Gasteiger partial charge in [-0.25, -0.2) is 4.98 Å². The molecule has 90 valence electrons. The number of aromatic nitrogens is 1. The van der Waals surface area contributed by atoms with Gasteiger partial charge in [0.15, 0.2) is 0 Å². The SMILES string of the molecule is CCCC(C)C(O)Cc1ccc(OC)nc1. The lowest BCUT2D eigenvalue weighted by molar-refractivity contribution is 0.111. The maximum atomic E-state index is 9.97. The molecule has 2 unspecified atom stereocenters. The van der Waals surface area contributed by atoms with Crippen molar-refractivity contribution < 1.29 is 9.84 Å². The number of hydrogen-bond donors (Lipinski definition) is 1. The third-order valence-electron chi connectivity index (χ3n) is 2.85. The molecule has 0 aromatic carbocycles. The minimum atomic E-state index is -0.282. The second kappa shape index (κ2) is 6.48.